The number of aryl methyl sites for hydroxylation is 1. The number of halogens is 3. The molecule has 3 aromatic rings. The lowest BCUT2D eigenvalue weighted by molar-refractivity contribution is -0.0243. The van der Waals surface area contributed by atoms with Gasteiger partial charge in [-0.1, -0.05) is 0 Å². The first kappa shape index (κ1) is 19.4. The Labute approximate surface area is 164 Å². The maximum Gasteiger partial charge on any atom is 0.277 e. The van der Waals surface area contributed by atoms with E-state index in [1.807, 2.05) is 0 Å². The summed E-state index contributed by atoms with van der Waals surface area (Å²) in [5.74, 6) is -4.43. The number of H-pyrrole nitrogens is 1. The summed E-state index contributed by atoms with van der Waals surface area (Å²) in [5, 5.41) is 12.8. The Morgan fingerprint density at radius 1 is 1.28 bits per heavy atom. The van der Waals surface area contributed by atoms with Crippen molar-refractivity contribution < 1.29 is 18.0 Å². The molecule has 29 heavy (non-hydrogen) atoms. The SMILES string of the molecule is Cn1cc(-c2cc(F)c3[nH]nc(C(=O)NCC(F)(F)CN4CCCC4)c3c2)cn1. The molecule has 4 rings (SSSR count). The molecule has 10 heteroatoms. The van der Waals surface area contributed by atoms with Gasteiger partial charge in [0.05, 0.1) is 19.3 Å². The summed E-state index contributed by atoms with van der Waals surface area (Å²) in [6.45, 7) is 0.0870. The van der Waals surface area contributed by atoms with Crippen molar-refractivity contribution in [2.45, 2.75) is 18.8 Å². The van der Waals surface area contributed by atoms with Crippen LogP contribution in [-0.2, 0) is 7.05 Å². The smallest absolute Gasteiger partial charge is 0.277 e. The molecule has 0 aliphatic carbocycles. The van der Waals surface area contributed by atoms with Crippen molar-refractivity contribution in [2.75, 3.05) is 26.2 Å². The normalized spacial score (nSPS) is 15.3. The number of amides is 1. The molecular formula is C19H21F3N6O. The number of fused-ring (bicyclic) bond motifs is 1. The van der Waals surface area contributed by atoms with Gasteiger partial charge in [0, 0.05) is 24.2 Å². The van der Waals surface area contributed by atoms with Gasteiger partial charge in [-0.05, 0) is 43.6 Å². The Balaban J connectivity index is 1.53. The van der Waals surface area contributed by atoms with Gasteiger partial charge in [-0.15, -0.1) is 0 Å². The van der Waals surface area contributed by atoms with E-state index in [0.717, 1.165) is 12.8 Å². The number of rotatable bonds is 6. The van der Waals surface area contributed by atoms with Crippen LogP contribution in [0.5, 0.6) is 0 Å². The highest BCUT2D eigenvalue weighted by Gasteiger charge is 2.33. The van der Waals surface area contributed by atoms with Crippen molar-refractivity contribution >= 4 is 16.8 Å². The number of carbonyl (C=O) groups is 1. The van der Waals surface area contributed by atoms with E-state index < -0.39 is 30.7 Å². The molecule has 0 atom stereocenters. The number of nitrogens with zero attached hydrogens (tertiary/aromatic N) is 4. The van der Waals surface area contributed by atoms with Crippen LogP contribution in [0.15, 0.2) is 24.5 Å². The minimum Gasteiger partial charge on any atom is -0.345 e. The number of nitrogens with one attached hydrogen (secondary N) is 2. The van der Waals surface area contributed by atoms with Crippen LogP contribution in [0.4, 0.5) is 13.2 Å². The van der Waals surface area contributed by atoms with Gasteiger partial charge in [0.1, 0.15) is 11.3 Å². The van der Waals surface area contributed by atoms with E-state index in [-0.39, 0.29) is 16.6 Å². The number of aromatic amines is 1. The third kappa shape index (κ3) is 4.12. The lowest BCUT2D eigenvalue weighted by Gasteiger charge is -2.23. The zero-order valence-electron chi connectivity index (χ0n) is 15.9. The number of alkyl halides is 2. The monoisotopic (exact) mass is 406 g/mol. The number of aromatic nitrogens is 4. The van der Waals surface area contributed by atoms with Crippen molar-refractivity contribution in [2.24, 2.45) is 7.05 Å². The molecule has 1 aliphatic rings. The van der Waals surface area contributed by atoms with E-state index in [9.17, 15) is 18.0 Å². The first-order chi connectivity index (χ1) is 13.8. The Morgan fingerprint density at radius 3 is 2.72 bits per heavy atom. The molecule has 3 heterocycles. The van der Waals surface area contributed by atoms with Crippen LogP contribution in [0.1, 0.15) is 23.3 Å². The van der Waals surface area contributed by atoms with Gasteiger partial charge in [-0.3, -0.25) is 19.5 Å². The summed E-state index contributed by atoms with van der Waals surface area (Å²) in [6, 6.07) is 2.90. The van der Waals surface area contributed by atoms with Crippen LogP contribution in [0.3, 0.4) is 0 Å². The van der Waals surface area contributed by atoms with E-state index in [4.69, 9.17) is 0 Å². The summed E-state index contributed by atoms with van der Waals surface area (Å²) in [5.41, 5.74) is 1.10. The predicted octanol–water partition coefficient (Wildman–Crippen LogP) is 2.56. The minimum atomic E-state index is -3.06. The second kappa shape index (κ2) is 7.51. The van der Waals surface area contributed by atoms with Gasteiger partial charge in [-0.25, -0.2) is 13.2 Å². The van der Waals surface area contributed by atoms with Crippen LogP contribution in [0.25, 0.3) is 22.0 Å². The summed E-state index contributed by atoms with van der Waals surface area (Å²) in [6.07, 6.45) is 5.09. The highest BCUT2D eigenvalue weighted by atomic mass is 19.3. The summed E-state index contributed by atoms with van der Waals surface area (Å²) >= 11 is 0. The maximum atomic E-state index is 14.5. The molecule has 1 aliphatic heterocycles. The zero-order valence-corrected chi connectivity index (χ0v) is 15.9. The minimum absolute atomic E-state index is 0.0478. The van der Waals surface area contributed by atoms with E-state index in [0.29, 0.717) is 24.2 Å². The highest BCUT2D eigenvalue weighted by Crippen LogP contribution is 2.27. The fraction of sp³-hybridized carbons (Fsp3) is 0.421. The molecule has 1 amide bonds. The van der Waals surface area contributed by atoms with Gasteiger partial charge in [0.2, 0.25) is 0 Å². The van der Waals surface area contributed by atoms with Crippen molar-refractivity contribution in [3.63, 3.8) is 0 Å². The van der Waals surface area contributed by atoms with Crippen LogP contribution in [0, 0.1) is 5.82 Å². The molecule has 0 radical (unpaired) electrons. The molecular weight excluding hydrogens is 385 g/mol. The molecule has 0 spiro atoms. The standard InChI is InChI=1S/C19H21F3N6O/c1-27-9-13(8-24-27)12-6-14-16(15(20)7-12)25-26-17(14)18(29)23-10-19(21,22)11-28-4-2-3-5-28/h6-9H,2-5,10-11H2,1H3,(H,23,29)(H,25,26). The first-order valence-electron chi connectivity index (χ1n) is 9.37. The Bertz CT molecular complexity index is 1040. The number of hydrogen-bond donors (Lipinski definition) is 2. The van der Waals surface area contributed by atoms with E-state index >= 15 is 0 Å². The number of benzene rings is 1. The average Bonchev–Trinajstić information content (AvgIpc) is 3.40. The highest BCUT2D eigenvalue weighted by molar-refractivity contribution is 6.05. The Kier molecular flexibility index (Phi) is 5.03. The molecule has 0 bridgehead atoms. The van der Waals surface area contributed by atoms with Gasteiger partial charge in [0.25, 0.3) is 11.8 Å². The second-order valence-corrected chi connectivity index (χ2v) is 7.38. The zero-order chi connectivity index (χ0) is 20.6. The quantitative estimate of drug-likeness (QED) is 0.660. The lowest BCUT2D eigenvalue weighted by Crippen LogP contribution is -2.44. The van der Waals surface area contributed by atoms with Crippen LogP contribution >= 0.6 is 0 Å². The van der Waals surface area contributed by atoms with E-state index in [2.05, 4.69) is 20.6 Å². The van der Waals surface area contributed by atoms with Crippen molar-refractivity contribution in [1.82, 2.24) is 30.2 Å². The average molecular weight is 406 g/mol. The van der Waals surface area contributed by atoms with Gasteiger partial charge >= 0.3 is 0 Å². The predicted molar refractivity (Wildman–Crippen MR) is 101 cm³/mol. The van der Waals surface area contributed by atoms with Crippen molar-refractivity contribution in [3.8, 4) is 11.1 Å². The van der Waals surface area contributed by atoms with E-state index in [1.165, 1.54) is 6.07 Å². The fourth-order valence-electron chi connectivity index (χ4n) is 3.61. The molecule has 1 aromatic carbocycles. The largest absolute Gasteiger partial charge is 0.345 e. The molecule has 1 saturated heterocycles. The number of likely N-dealkylation sites (tertiary alicyclic amines) is 1. The molecule has 1 fully saturated rings. The summed E-state index contributed by atoms with van der Waals surface area (Å²) in [4.78, 5) is 14.2. The molecule has 0 saturated carbocycles. The summed E-state index contributed by atoms with van der Waals surface area (Å²) < 4.78 is 44.4. The number of hydrogen-bond acceptors (Lipinski definition) is 4. The molecule has 2 aromatic heterocycles. The molecule has 0 unspecified atom stereocenters. The fourth-order valence-corrected chi connectivity index (χ4v) is 3.61. The Morgan fingerprint density at radius 2 is 2.03 bits per heavy atom. The summed E-state index contributed by atoms with van der Waals surface area (Å²) in [7, 11) is 1.73. The topological polar surface area (TPSA) is 78.8 Å². The van der Waals surface area contributed by atoms with Gasteiger partial charge < -0.3 is 5.32 Å². The van der Waals surface area contributed by atoms with Crippen LogP contribution in [-0.4, -0.2) is 62.9 Å². The second-order valence-electron chi connectivity index (χ2n) is 7.38. The third-order valence-corrected chi connectivity index (χ3v) is 5.04. The maximum absolute atomic E-state index is 14.5. The van der Waals surface area contributed by atoms with Crippen LogP contribution in [0.2, 0.25) is 0 Å². The molecule has 7 nitrogen and oxygen atoms in total. The van der Waals surface area contributed by atoms with Crippen LogP contribution < -0.4 is 5.32 Å². The van der Waals surface area contributed by atoms with Gasteiger partial charge in [-0.2, -0.15) is 10.2 Å². The van der Waals surface area contributed by atoms with Gasteiger partial charge in [0.15, 0.2) is 5.69 Å². The van der Waals surface area contributed by atoms with Crippen molar-refractivity contribution in [3.05, 3.63) is 36.0 Å². The third-order valence-electron chi connectivity index (χ3n) is 5.04. The lowest BCUT2D eigenvalue weighted by atomic mass is 10.1. The Hall–Kier alpha value is -2.88. The van der Waals surface area contributed by atoms with Crippen molar-refractivity contribution in [1.29, 1.82) is 0 Å². The molecule has 2 N–H and O–H groups in total. The first-order valence-corrected chi connectivity index (χ1v) is 9.37. The van der Waals surface area contributed by atoms with E-state index in [1.54, 1.807) is 35.1 Å². The molecule has 154 valence electrons. The number of carbonyl (C=O) groups excluding carboxylic acids is 1.